The topological polar surface area (TPSA) is 55.8 Å². The number of ether oxygens (including phenoxy) is 2. The van der Waals surface area contributed by atoms with E-state index in [1.807, 2.05) is 0 Å². The van der Waals surface area contributed by atoms with Crippen LogP contribution in [0, 0.1) is 0 Å². The molecule has 0 aliphatic heterocycles. The van der Waals surface area contributed by atoms with Crippen LogP contribution in [0.25, 0.3) is 0 Å². The zero-order valence-electron chi connectivity index (χ0n) is 10.2. The molecule has 1 rings (SSSR count). The van der Waals surface area contributed by atoms with Crippen molar-refractivity contribution in [1.29, 1.82) is 0 Å². The zero-order valence-corrected chi connectivity index (χ0v) is 10.2. The molecule has 4 heteroatoms. The molecular formula is C12H22O4. The highest BCUT2D eigenvalue weighted by Gasteiger charge is 2.34. The van der Waals surface area contributed by atoms with E-state index < -0.39 is 5.60 Å². The smallest absolute Gasteiger partial charge is 0.305 e. The fraction of sp³-hybridized carbons (Fsp3) is 0.917. The van der Waals surface area contributed by atoms with Crippen LogP contribution in [0.1, 0.15) is 45.4 Å². The quantitative estimate of drug-likeness (QED) is 0.730. The lowest BCUT2D eigenvalue weighted by Gasteiger charge is -2.36. The number of rotatable bonds is 5. The Labute approximate surface area is 96.9 Å². The van der Waals surface area contributed by atoms with Crippen molar-refractivity contribution in [3.63, 3.8) is 0 Å². The van der Waals surface area contributed by atoms with Crippen LogP contribution >= 0.6 is 0 Å². The third-order valence-electron chi connectivity index (χ3n) is 3.21. The molecule has 94 valence electrons. The molecule has 0 aromatic rings. The fourth-order valence-electron chi connectivity index (χ4n) is 2.28. The summed E-state index contributed by atoms with van der Waals surface area (Å²) in [6.45, 7) is 2.19. The number of methoxy groups -OCH3 is 1. The molecule has 0 bridgehead atoms. The van der Waals surface area contributed by atoms with Crippen LogP contribution in [-0.2, 0) is 14.3 Å². The van der Waals surface area contributed by atoms with Crippen LogP contribution in [0.3, 0.4) is 0 Å². The zero-order chi connectivity index (χ0) is 12.0. The predicted octanol–water partition coefficient (Wildman–Crippen LogP) is 1.65. The van der Waals surface area contributed by atoms with Gasteiger partial charge in [0.1, 0.15) is 0 Å². The minimum atomic E-state index is -0.744. The van der Waals surface area contributed by atoms with Gasteiger partial charge in [-0.1, -0.05) is 0 Å². The van der Waals surface area contributed by atoms with E-state index in [2.05, 4.69) is 0 Å². The largest absolute Gasteiger partial charge is 0.466 e. The third-order valence-corrected chi connectivity index (χ3v) is 3.21. The molecule has 1 saturated carbocycles. The fourth-order valence-corrected chi connectivity index (χ4v) is 2.28. The molecule has 0 heterocycles. The summed E-state index contributed by atoms with van der Waals surface area (Å²) in [5.41, 5.74) is -0.744. The maximum atomic E-state index is 11.2. The standard InChI is InChI=1S/C12H22O4/c1-3-16-11(13)6-8-12(14)7-4-5-10(9-12)15-2/h10,14H,3-9H2,1-2H3. The average molecular weight is 230 g/mol. The van der Waals surface area contributed by atoms with Gasteiger partial charge in [0.25, 0.3) is 0 Å². The molecule has 0 spiro atoms. The van der Waals surface area contributed by atoms with E-state index in [-0.39, 0.29) is 12.1 Å². The summed E-state index contributed by atoms with van der Waals surface area (Å²) in [5, 5.41) is 10.3. The first-order valence-corrected chi connectivity index (χ1v) is 6.00. The Morgan fingerprint density at radius 3 is 2.94 bits per heavy atom. The van der Waals surface area contributed by atoms with Crippen LogP contribution in [0.15, 0.2) is 0 Å². The van der Waals surface area contributed by atoms with Crippen molar-refractivity contribution in [3.8, 4) is 0 Å². The summed E-state index contributed by atoms with van der Waals surface area (Å²) < 4.78 is 10.1. The monoisotopic (exact) mass is 230 g/mol. The molecule has 0 saturated heterocycles. The second-order valence-corrected chi connectivity index (χ2v) is 4.48. The second-order valence-electron chi connectivity index (χ2n) is 4.48. The first kappa shape index (κ1) is 13.5. The Morgan fingerprint density at radius 2 is 2.31 bits per heavy atom. The maximum Gasteiger partial charge on any atom is 0.305 e. The molecule has 4 nitrogen and oxygen atoms in total. The van der Waals surface area contributed by atoms with E-state index in [4.69, 9.17) is 9.47 Å². The van der Waals surface area contributed by atoms with E-state index in [1.54, 1.807) is 14.0 Å². The summed E-state index contributed by atoms with van der Waals surface area (Å²) in [5.74, 6) is -0.226. The first-order chi connectivity index (χ1) is 7.59. The normalized spacial score (nSPS) is 30.1. The number of hydrogen-bond acceptors (Lipinski definition) is 4. The Kier molecular flexibility index (Phi) is 5.22. The molecule has 1 N–H and O–H groups in total. The lowest BCUT2D eigenvalue weighted by atomic mass is 9.80. The summed E-state index contributed by atoms with van der Waals surface area (Å²) in [4.78, 5) is 11.2. The van der Waals surface area contributed by atoms with Crippen LogP contribution in [0.5, 0.6) is 0 Å². The number of carbonyl (C=O) groups is 1. The number of esters is 1. The minimum absolute atomic E-state index is 0.126. The lowest BCUT2D eigenvalue weighted by molar-refractivity contribution is -0.145. The van der Waals surface area contributed by atoms with Crippen molar-refractivity contribution in [3.05, 3.63) is 0 Å². The number of carbonyl (C=O) groups excluding carboxylic acids is 1. The van der Waals surface area contributed by atoms with Gasteiger partial charge in [-0.25, -0.2) is 0 Å². The van der Waals surface area contributed by atoms with Crippen molar-refractivity contribution < 1.29 is 19.4 Å². The molecule has 0 amide bonds. The van der Waals surface area contributed by atoms with Gasteiger partial charge in [-0.05, 0) is 32.6 Å². The number of hydrogen-bond donors (Lipinski definition) is 1. The molecule has 0 aromatic heterocycles. The molecular weight excluding hydrogens is 208 g/mol. The van der Waals surface area contributed by atoms with Gasteiger partial charge in [-0.15, -0.1) is 0 Å². The second kappa shape index (κ2) is 6.21. The van der Waals surface area contributed by atoms with Crippen LogP contribution < -0.4 is 0 Å². The van der Waals surface area contributed by atoms with Crippen molar-refractivity contribution >= 4 is 5.97 Å². The average Bonchev–Trinajstić information content (AvgIpc) is 2.27. The van der Waals surface area contributed by atoms with Gasteiger partial charge in [0.15, 0.2) is 0 Å². The van der Waals surface area contributed by atoms with E-state index in [9.17, 15) is 9.90 Å². The molecule has 2 unspecified atom stereocenters. The van der Waals surface area contributed by atoms with Gasteiger partial charge >= 0.3 is 5.97 Å². The SMILES string of the molecule is CCOC(=O)CCC1(O)CCCC(OC)C1. The maximum absolute atomic E-state index is 11.2. The Balaban J connectivity index is 2.35. The molecule has 1 aliphatic carbocycles. The van der Waals surface area contributed by atoms with E-state index in [0.717, 1.165) is 19.3 Å². The Morgan fingerprint density at radius 1 is 1.56 bits per heavy atom. The third kappa shape index (κ3) is 4.10. The molecule has 1 fully saturated rings. The van der Waals surface area contributed by atoms with E-state index in [0.29, 0.717) is 25.9 Å². The van der Waals surface area contributed by atoms with Crippen molar-refractivity contribution in [2.24, 2.45) is 0 Å². The molecule has 1 aliphatic rings. The van der Waals surface area contributed by atoms with Gasteiger partial charge in [-0.2, -0.15) is 0 Å². The van der Waals surface area contributed by atoms with Crippen molar-refractivity contribution in [2.45, 2.75) is 57.2 Å². The highest BCUT2D eigenvalue weighted by molar-refractivity contribution is 5.69. The van der Waals surface area contributed by atoms with Gasteiger partial charge in [-0.3, -0.25) is 4.79 Å². The van der Waals surface area contributed by atoms with E-state index in [1.165, 1.54) is 0 Å². The molecule has 2 atom stereocenters. The lowest BCUT2D eigenvalue weighted by Crippen LogP contribution is -2.38. The minimum Gasteiger partial charge on any atom is -0.466 e. The molecule has 16 heavy (non-hydrogen) atoms. The molecule has 0 aromatic carbocycles. The Bertz CT molecular complexity index is 229. The van der Waals surface area contributed by atoms with Gasteiger partial charge < -0.3 is 14.6 Å². The van der Waals surface area contributed by atoms with Gasteiger partial charge in [0, 0.05) is 20.0 Å². The van der Waals surface area contributed by atoms with Crippen LogP contribution in [-0.4, -0.2) is 36.5 Å². The molecule has 0 radical (unpaired) electrons. The van der Waals surface area contributed by atoms with Crippen LogP contribution in [0.4, 0.5) is 0 Å². The van der Waals surface area contributed by atoms with Crippen molar-refractivity contribution in [2.75, 3.05) is 13.7 Å². The summed E-state index contributed by atoms with van der Waals surface area (Å²) in [6.07, 6.45) is 4.23. The van der Waals surface area contributed by atoms with E-state index >= 15 is 0 Å². The van der Waals surface area contributed by atoms with Crippen molar-refractivity contribution in [1.82, 2.24) is 0 Å². The highest BCUT2D eigenvalue weighted by Crippen LogP contribution is 2.33. The summed E-state index contributed by atoms with van der Waals surface area (Å²) in [6, 6.07) is 0. The predicted molar refractivity (Wildman–Crippen MR) is 60.1 cm³/mol. The highest BCUT2D eigenvalue weighted by atomic mass is 16.5. The Hall–Kier alpha value is -0.610. The number of aliphatic hydroxyl groups is 1. The first-order valence-electron chi connectivity index (χ1n) is 6.00. The summed E-state index contributed by atoms with van der Waals surface area (Å²) >= 11 is 0. The van der Waals surface area contributed by atoms with Gasteiger partial charge in [0.05, 0.1) is 18.3 Å². The van der Waals surface area contributed by atoms with Crippen LogP contribution in [0.2, 0.25) is 0 Å². The summed E-state index contributed by atoms with van der Waals surface area (Å²) in [7, 11) is 1.67. The van der Waals surface area contributed by atoms with Gasteiger partial charge in [0.2, 0.25) is 0 Å².